The summed E-state index contributed by atoms with van der Waals surface area (Å²) in [5, 5.41) is 0. The van der Waals surface area contributed by atoms with Crippen molar-refractivity contribution >= 4 is 0 Å². The van der Waals surface area contributed by atoms with E-state index in [9.17, 15) is 0 Å². The number of hydrogen-bond acceptors (Lipinski definition) is 3. The number of aryl methyl sites for hydroxylation is 1. The molecule has 13 heavy (non-hydrogen) atoms. The smallest absolute Gasteiger partial charge is 0.141 e. The summed E-state index contributed by atoms with van der Waals surface area (Å²) >= 11 is 0. The third-order valence-electron chi connectivity index (χ3n) is 2.51. The van der Waals surface area contributed by atoms with Crippen molar-refractivity contribution in [1.29, 1.82) is 0 Å². The van der Waals surface area contributed by atoms with Crippen LogP contribution < -0.4 is 10.5 Å². The van der Waals surface area contributed by atoms with Gasteiger partial charge in [0.05, 0.1) is 11.6 Å². The highest BCUT2D eigenvalue weighted by Gasteiger charge is 2.31. The largest absolute Gasteiger partial charge is 0.488 e. The first-order valence-corrected chi connectivity index (χ1v) is 4.56. The van der Waals surface area contributed by atoms with Crippen molar-refractivity contribution in [2.45, 2.75) is 25.9 Å². The number of nitrogens with zero attached hydrogens (tertiary/aromatic N) is 1. The van der Waals surface area contributed by atoms with Gasteiger partial charge in [0, 0.05) is 12.2 Å². The molecule has 0 fully saturated rings. The molecule has 2 N–H and O–H groups in total. The molecule has 2 rings (SSSR count). The fraction of sp³-hybridized carbons (Fsp3) is 0.500. The molecule has 0 saturated carbocycles. The van der Waals surface area contributed by atoms with Crippen LogP contribution in [0, 0.1) is 6.92 Å². The minimum Gasteiger partial charge on any atom is -0.488 e. The average molecular weight is 178 g/mol. The van der Waals surface area contributed by atoms with Crippen molar-refractivity contribution in [2.75, 3.05) is 6.54 Å². The van der Waals surface area contributed by atoms with E-state index in [-0.39, 0.29) is 12.0 Å². The van der Waals surface area contributed by atoms with Crippen LogP contribution in [0.5, 0.6) is 5.75 Å². The van der Waals surface area contributed by atoms with Gasteiger partial charge in [-0.15, -0.1) is 0 Å². The summed E-state index contributed by atoms with van der Waals surface area (Å²) in [6.07, 6.45) is 0.161. The van der Waals surface area contributed by atoms with E-state index in [2.05, 4.69) is 4.98 Å². The van der Waals surface area contributed by atoms with E-state index < -0.39 is 0 Å². The zero-order chi connectivity index (χ0) is 9.42. The van der Waals surface area contributed by atoms with Gasteiger partial charge in [-0.25, -0.2) is 0 Å². The fourth-order valence-electron chi connectivity index (χ4n) is 1.74. The average Bonchev–Trinajstić information content (AvgIpc) is 2.40. The van der Waals surface area contributed by atoms with E-state index in [4.69, 9.17) is 10.5 Å². The van der Waals surface area contributed by atoms with Crippen molar-refractivity contribution < 1.29 is 4.74 Å². The topological polar surface area (TPSA) is 48.1 Å². The van der Waals surface area contributed by atoms with E-state index in [0.29, 0.717) is 6.54 Å². The highest BCUT2D eigenvalue weighted by molar-refractivity contribution is 5.36. The number of ether oxygens (including phenoxy) is 1. The van der Waals surface area contributed by atoms with Gasteiger partial charge >= 0.3 is 0 Å². The molecule has 1 aromatic heterocycles. The minimum absolute atomic E-state index is 0.161. The highest BCUT2D eigenvalue weighted by Crippen LogP contribution is 2.35. The molecule has 0 amide bonds. The number of rotatable bonds is 1. The lowest BCUT2D eigenvalue weighted by Crippen LogP contribution is -2.22. The second kappa shape index (κ2) is 3.00. The summed E-state index contributed by atoms with van der Waals surface area (Å²) < 4.78 is 5.62. The molecule has 0 unspecified atom stereocenters. The molecule has 0 bridgehead atoms. The predicted molar refractivity (Wildman–Crippen MR) is 50.9 cm³/mol. The molecule has 1 aliphatic heterocycles. The van der Waals surface area contributed by atoms with Gasteiger partial charge in [0.15, 0.2) is 0 Å². The minimum atomic E-state index is 0.161. The number of hydrogen-bond donors (Lipinski definition) is 1. The van der Waals surface area contributed by atoms with E-state index in [0.717, 1.165) is 17.1 Å². The van der Waals surface area contributed by atoms with Crippen LogP contribution in [0.2, 0.25) is 0 Å². The summed E-state index contributed by atoms with van der Waals surface area (Å²) in [6, 6.07) is 3.94. The summed E-state index contributed by atoms with van der Waals surface area (Å²) in [5.74, 6) is 1.16. The summed E-state index contributed by atoms with van der Waals surface area (Å²) in [5.41, 5.74) is 7.72. The third-order valence-corrected chi connectivity index (χ3v) is 2.51. The third kappa shape index (κ3) is 1.29. The summed E-state index contributed by atoms with van der Waals surface area (Å²) in [7, 11) is 0. The van der Waals surface area contributed by atoms with Crippen molar-refractivity contribution in [3.8, 4) is 5.75 Å². The van der Waals surface area contributed by atoms with E-state index in [1.54, 1.807) is 0 Å². The zero-order valence-corrected chi connectivity index (χ0v) is 7.95. The Labute approximate surface area is 77.9 Å². The van der Waals surface area contributed by atoms with Crippen LogP contribution in [0.4, 0.5) is 0 Å². The first-order valence-electron chi connectivity index (χ1n) is 4.56. The van der Waals surface area contributed by atoms with Gasteiger partial charge in [-0.05, 0) is 26.0 Å². The van der Waals surface area contributed by atoms with Gasteiger partial charge in [-0.2, -0.15) is 0 Å². The molecule has 0 radical (unpaired) electrons. The Balaban J connectivity index is 2.44. The maximum atomic E-state index is 5.67. The van der Waals surface area contributed by atoms with Gasteiger partial charge in [0.2, 0.25) is 0 Å². The Kier molecular flexibility index (Phi) is 1.96. The number of aromatic nitrogens is 1. The Morgan fingerprint density at radius 1 is 1.54 bits per heavy atom. The Bertz CT molecular complexity index is 325. The molecule has 0 spiro atoms. The normalized spacial score (nSPS) is 25.5. The van der Waals surface area contributed by atoms with Crippen molar-refractivity contribution in [3.05, 3.63) is 23.5 Å². The lowest BCUT2D eigenvalue weighted by atomic mass is 10.0. The quantitative estimate of drug-likeness (QED) is 0.703. The number of nitrogens with two attached hydrogens (primary N) is 1. The molecule has 1 aromatic rings. The van der Waals surface area contributed by atoms with Crippen LogP contribution in [0.15, 0.2) is 12.1 Å². The highest BCUT2D eigenvalue weighted by atomic mass is 16.5. The summed E-state index contributed by atoms with van der Waals surface area (Å²) in [6.45, 7) is 4.62. The fourth-order valence-corrected chi connectivity index (χ4v) is 1.74. The van der Waals surface area contributed by atoms with Gasteiger partial charge in [0.1, 0.15) is 11.9 Å². The number of pyridine rings is 1. The Morgan fingerprint density at radius 3 is 3.00 bits per heavy atom. The molecule has 0 aliphatic carbocycles. The monoisotopic (exact) mass is 178 g/mol. The van der Waals surface area contributed by atoms with E-state index in [1.165, 1.54) is 0 Å². The Hall–Kier alpha value is -1.09. The molecule has 2 atom stereocenters. The molecule has 70 valence electrons. The van der Waals surface area contributed by atoms with E-state index >= 15 is 0 Å². The molecular formula is C10H14N2O. The van der Waals surface area contributed by atoms with Crippen LogP contribution >= 0.6 is 0 Å². The second-order valence-corrected chi connectivity index (χ2v) is 3.50. The molecule has 3 nitrogen and oxygen atoms in total. The lowest BCUT2D eigenvalue weighted by molar-refractivity contribution is 0.228. The van der Waals surface area contributed by atoms with Crippen molar-refractivity contribution in [1.82, 2.24) is 4.98 Å². The maximum Gasteiger partial charge on any atom is 0.141 e. The van der Waals surface area contributed by atoms with Crippen LogP contribution in [-0.2, 0) is 0 Å². The van der Waals surface area contributed by atoms with Crippen LogP contribution in [0.25, 0.3) is 0 Å². The Morgan fingerprint density at radius 2 is 2.31 bits per heavy atom. The molecule has 0 aromatic carbocycles. The van der Waals surface area contributed by atoms with Crippen molar-refractivity contribution in [2.24, 2.45) is 5.73 Å². The molecule has 2 heterocycles. The maximum absolute atomic E-state index is 5.67. The van der Waals surface area contributed by atoms with E-state index in [1.807, 2.05) is 26.0 Å². The molecular weight excluding hydrogens is 164 g/mol. The van der Waals surface area contributed by atoms with Gasteiger partial charge in [0.25, 0.3) is 0 Å². The van der Waals surface area contributed by atoms with Gasteiger partial charge in [-0.3, -0.25) is 4.98 Å². The molecule has 0 saturated heterocycles. The van der Waals surface area contributed by atoms with Gasteiger partial charge < -0.3 is 10.5 Å². The van der Waals surface area contributed by atoms with Crippen LogP contribution in [0.1, 0.15) is 24.2 Å². The van der Waals surface area contributed by atoms with Gasteiger partial charge in [-0.1, -0.05) is 0 Å². The molecule has 1 aliphatic rings. The standard InChI is InChI=1S/C10H14N2O/c1-6-3-4-9-10(12-6)8(5-11)7(2)13-9/h3-4,7-8H,5,11H2,1-2H3/t7-,8-/m1/s1. The first-order chi connectivity index (χ1) is 6.22. The first kappa shape index (κ1) is 8.51. The predicted octanol–water partition coefficient (Wildman–Crippen LogP) is 1.21. The lowest BCUT2D eigenvalue weighted by Gasteiger charge is -2.10. The molecule has 3 heteroatoms. The zero-order valence-electron chi connectivity index (χ0n) is 7.95. The second-order valence-electron chi connectivity index (χ2n) is 3.50. The van der Waals surface area contributed by atoms with Crippen LogP contribution in [-0.4, -0.2) is 17.6 Å². The van der Waals surface area contributed by atoms with Crippen molar-refractivity contribution in [3.63, 3.8) is 0 Å². The SMILES string of the molecule is Cc1ccc2c(n1)[C@H](CN)[C@@H](C)O2. The number of fused-ring (bicyclic) bond motifs is 1. The summed E-state index contributed by atoms with van der Waals surface area (Å²) in [4.78, 5) is 4.45. The van der Waals surface area contributed by atoms with Crippen LogP contribution in [0.3, 0.4) is 0 Å².